The van der Waals surface area contributed by atoms with E-state index in [9.17, 15) is 9.32 Å². The molecule has 0 amide bonds. The quantitative estimate of drug-likeness (QED) is 0.805. The molecule has 3 nitrogen and oxygen atoms in total. The lowest BCUT2D eigenvalue weighted by atomic mass is 10.1. The molecule has 1 aromatic carbocycles. The van der Waals surface area contributed by atoms with Crippen LogP contribution in [0.15, 0.2) is 24.3 Å². The van der Waals surface area contributed by atoms with Crippen LogP contribution >= 0.6 is 0 Å². The Balaban J connectivity index is 1.94. The molecule has 1 fully saturated rings. The molecule has 1 aliphatic heterocycles. The highest BCUT2D eigenvalue weighted by Crippen LogP contribution is 2.19. The molecule has 0 atom stereocenters. The Kier molecular flexibility index (Phi) is 3.26. The standard InChI is InChI=1S/C11H15NO2S/c13-11-3-1-2-10(8-11)12-9-4-6-15(14)7-5-9/h1-3,8-9,12-13H,4-7H2. The second-order valence-corrected chi connectivity index (χ2v) is 5.51. The minimum absolute atomic E-state index is 0.277. The summed E-state index contributed by atoms with van der Waals surface area (Å²) >= 11 is 0. The number of hydrogen-bond acceptors (Lipinski definition) is 3. The van der Waals surface area contributed by atoms with Crippen molar-refractivity contribution in [3.8, 4) is 5.75 Å². The van der Waals surface area contributed by atoms with E-state index in [-0.39, 0.29) is 5.75 Å². The predicted molar refractivity (Wildman–Crippen MR) is 62.6 cm³/mol. The van der Waals surface area contributed by atoms with Crippen LogP contribution in [0.3, 0.4) is 0 Å². The third-order valence-corrected chi connectivity index (χ3v) is 3.99. The summed E-state index contributed by atoms with van der Waals surface area (Å²) in [6.45, 7) is 0. The lowest BCUT2D eigenvalue weighted by Crippen LogP contribution is -2.29. The molecule has 0 saturated carbocycles. The normalized spacial score (nSPS) is 26.1. The van der Waals surface area contributed by atoms with Crippen molar-refractivity contribution in [2.75, 3.05) is 16.8 Å². The zero-order valence-electron chi connectivity index (χ0n) is 8.48. The van der Waals surface area contributed by atoms with Gasteiger partial charge in [-0.1, -0.05) is 6.07 Å². The van der Waals surface area contributed by atoms with E-state index in [2.05, 4.69) is 5.32 Å². The summed E-state index contributed by atoms with van der Waals surface area (Å²) in [5.74, 6) is 1.85. The Hall–Kier alpha value is -1.03. The second kappa shape index (κ2) is 4.66. The van der Waals surface area contributed by atoms with Crippen LogP contribution in [-0.4, -0.2) is 26.9 Å². The lowest BCUT2D eigenvalue weighted by Gasteiger charge is -2.23. The van der Waals surface area contributed by atoms with Crippen LogP contribution in [0.4, 0.5) is 5.69 Å². The van der Waals surface area contributed by atoms with Gasteiger partial charge in [0.15, 0.2) is 0 Å². The largest absolute Gasteiger partial charge is 0.508 e. The fourth-order valence-electron chi connectivity index (χ4n) is 1.77. The number of phenols is 1. The highest BCUT2D eigenvalue weighted by molar-refractivity contribution is 7.85. The van der Waals surface area contributed by atoms with Gasteiger partial charge in [-0.3, -0.25) is 4.21 Å². The van der Waals surface area contributed by atoms with E-state index in [1.165, 1.54) is 0 Å². The van der Waals surface area contributed by atoms with E-state index >= 15 is 0 Å². The molecular formula is C11H15NO2S. The maximum absolute atomic E-state index is 11.2. The molecule has 0 unspecified atom stereocenters. The first-order valence-corrected chi connectivity index (χ1v) is 6.63. The molecule has 4 heteroatoms. The zero-order chi connectivity index (χ0) is 10.7. The monoisotopic (exact) mass is 225 g/mol. The Morgan fingerprint density at radius 3 is 2.73 bits per heavy atom. The molecule has 0 aliphatic carbocycles. The van der Waals surface area contributed by atoms with Crippen molar-refractivity contribution in [3.63, 3.8) is 0 Å². The van der Waals surface area contributed by atoms with Gasteiger partial charge in [0.25, 0.3) is 0 Å². The molecule has 1 aromatic rings. The number of rotatable bonds is 2. The first kappa shape index (κ1) is 10.5. The van der Waals surface area contributed by atoms with Gasteiger partial charge in [-0.05, 0) is 25.0 Å². The first-order chi connectivity index (χ1) is 7.24. The van der Waals surface area contributed by atoms with Crippen LogP contribution in [0.1, 0.15) is 12.8 Å². The summed E-state index contributed by atoms with van der Waals surface area (Å²) in [6, 6.07) is 7.51. The zero-order valence-corrected chi connectivity index (χ0v) is 9.30. The van der Waals surface area contributed by atoms with Gasteiger partial charge in [0.1, 0.15) is 5.75 Å². The van der Waals surface area contributed by atoms with Crippen LogP contribution in [-0.2, 0) is 10.8 Å². The Morgan fingerprint density at radius 2 is 2.07 bits per heavy atom. The van der Waals surface area contributed by atoms with Crippen molar-refractivity contribution in [3.05, 3.63) is 24.3 Å². The lowest BCUT2D eigenvalue weighted by molar-refractivity contribution is 0.475. The van der Waals surface area contributed by atoms with Gasteiger partial charge < -0.3 is 10.4 Å². The number of hydrogen-bond donors (Lipinski definition) is 2. The average molecular weight is 225 g/mol. The van der Waals surface area contributed by atoms with E-state index < -0.39 is 10.8 Å². The Labute approximate surface area is 92.0 Å². The average Bonchev–Trinajstić information content (AvgIpc) is 2.22. The molecule has 2 N–H and O–H groups in total. The van der Waals surface area contributed by atoms with Crippen LogP contribution in [0.25, 0.3) is 0 Å². The Bertz CT molecular complexity index is 357. The van der Waals surface area contributed by atoms with Crippen LogP contribution < -0.4 is 5.32 Å². The molecule has 1 saturated heterocycles. The van der Waals surface area contributed by atoms with Gasteiger partial charge in [0, 0.05) is 40.1 Å². The number of anilines is 1. The molecule has 0 spiro atoms. The van der Waals surface area contributed by atoms with Crippen molar-refractivity contribution < 1.29 is 9.32 Å². The third kappa shape index (κ3) is 2.96. The first-order valence-electron chi connectivity index (χ1n) is 5.14. The fourth-order valence-corrected chi connectivity index (χ4v) is 3.07. The van der Waals surface area contributed by atoms with Gasteiger partial charge in [-0.15, -0.1) is 0 Å². The van der Waals surface area contributed by atoms with Crippen LogP contribution in [0, 0.1) is 0 Å². The van der Waals surface area contributed by atoms with E-state index in [4.69, 9.17) is 0 Å². The third-order valence-electron chi connectivity index (χ3n) is 2.60. The van der Waals surface area contributed by atoms with Crippen LogP contribution in [0.5, 0.6) is 5.75 Å². The van der Waals surface area contributed by atoms with Crippen molar-refractivity contribution >= 4 is 16.5 Å². The summed E-state index contributed by atoms with van der Waals surface area (Å²) in [4.78, 5) is 0. The molecule has 0 bridgehead atoms. The molecular weight excluding hydrogens is 210 g/mol. The van der Waals surface area contributed by atoms with Gasteiger partial charge in [-0.25, -0.2) is 0 Å². The maximum Gasteiger partial charge on any atom is 0.117 e. The maximum atomic E-state index is 11.2. The van der Waals surface area contributed by atoms with Gasteiger partial charge in [0.2, 0.25) is 0 Å². The highest BCUT2D eigenvalue weighted by atomic mass is 32.2. The fraction of sp³-hybridized carbons (Fsp3) is 0.455. The van der Waals surface area contributed by atoms with Gasteiger partial charge in [-0.2, -0.15) is 0 Å². The van der Waals surface area contributed by atoms with Crippen LogP contribution in [0.2, 0.25) is 0 Å². The molecule has 15 heavy (non-hydrogen) atoms. The molecule has 2 rings (SSSR count). The summed E-state index contributed by atoms with van der Waals surface area (Å²) in [5.41, 5.74) is 0.938. The number of phenolic OH excluding ortho intramolecular Hbond substituents is 1. The van der Waals surface area contributed by atoms with E-state index in [0.717, 1.165) is 30.0 Å². The molecule has 1 aliphatic rings. The second-order valence-electron chi connectivity index (χ2n) is 3.82. The molecule has 82 valence electrons. The number of benzene rings is 1. The van der Waals surface area contributed by atoms with E-state index in [1.54, 1.807) is 12.1 Å². The minimum atomic E-state index is -0.613. The van der Waals surface area contributed by atoms with E-state index in [1.807, 2.05) is 12.1 Å². The summed E-state index contributed by atoms with van der Waals surface area (Å²) < 4.78 is 11.2. The summed E-state index contributed by atoms with van der Waals surface area (Å²) in [5, 5.41) is 12.6. The SMILES string of the molecule is O=S1CCC(Nc2cccc(O)c2)CC1. The van der Waals surface area contributed by atoms with Gasteiger partial charge in [0.05, 0.1) is 0 Å². The molecule has 0 radical (unpaired) electrons. The topological polar surface area (TPSA) is 49.3 Å². The molecule has 1 heterocycles. The number of nitrogens with one attached hydrogen (secondary N) is 1. The van der Waals surface area contributed by atoms with Crippen molar-refractivity contribution in [2.45, 2.75) is 18.9 Å². The summed E-state index contributed by atoms with van der Waals surface area (Å²) in [7, 11) is -0.613. The predicted octanol–water partition coefficient (Wildman–Crippen LogP) is 1.72. The smallest absolute Gasteiger partial charge is 0.117 e. The Morgan fingerprint density at radius 1 is 1.33 bits per heavy atom. The molecule has 0 aromatic heterocycles. The van der Waals surface area contributed by atoms with E-state index in [0.29, 0.717) is 6.04 Å². The van der Waals surface area contributed by atoms with Gasteiger partial charge >= 0.3 is 0 Å². The number of aromatic hydroxyl groups is 1. The highest BCUT2D eigenvalue weighted by Gasteiger charge is 2.17. The van der Waals surface area contributed by atoms with Crippen molar-refractivity contribution in [2.24, 2.45) is 0 Å². The minimum Gasteiger partial charge on any atom is -0.508 e. The summed E-state index contributed by atoms with van der Waals surface area (Å²) in [6.07, 6.45) is 1.89. The van der Waals surface area contributed by atoms with Crippen molar-refractivity contribution in [1.29, 1.82) is 0 Å². The van der Waals surface area contributed by atoms with Crippen molar-refractivity contribution in [1.82, 2.24) is 0 Å².